The molecule has 2 aliphatic heterocycles. The lowest BCUT2D eigenvalue weighted by Crippen LogP contribution is -2.31. The molecule has 1 aromatic rings. The molecule has 0 spiro atoms. The first-order valence-corrected chi connectivity index (χ1v) is 5.68. The molecule has 0 bridgehead atoms. The molecule has 0 aromatic heterocycles. The summed E-state index contributed by atoms with van der Waals surface area (Å²) < 4.78 is 10.5. The zero-order valence-electron chi connectivity index (χ0n) is 9.80. The van der Waals surface area contributed by atoms with Crippen LogP contribution in [0, 0.1) is 0 Å². The first-order chi connectivity index (χ1) is 8.24. The summed E-state index contributed by atoms with van der Waals surface area (Å²) in [5.41, 5.74) is 6.42. The van der Waals surface area contributed by atoms with E-state index in [4.69, 9.17) is 15.2 Å². The summed E-state index contributed by atoms with van der Waals surface area (Å²) in [5.74, 6) is 1.34. The smallest absolute Gasteiger partial charge is 0.254 e. The number of hydrogen-bond donors (Lipinski definition) is 1. The van der Waals surface area contributed by atoms with E-state index >= 15 is 0 Å². The number of halogens is 1. The van der Waals surface area contributed by atoms with E-state index in [9.17, 15) is 4.79 Å². The van der Waals surface area contributed by atoms with E-state index in [-0.39, 0.29) is 31.1 Å². The van der Waals surface area contributed by atoms with E-state index < -0.39 is 0 Å². The summed E-state index contributed by atoms with van der Waals surface area (Å²) in [4.78, 5) is 13.9. The highest BCUT2D eigenvalue weighted by molar-refractivity contribution is 5.95. The van der Waals surface area contributed by atoms with Crippen LogP contribution >= 0.6 is 12.4 Å². The van der Waals surface area contributed by atoms with Gasteiger partial charge in [0, 0.05) is 24.7 Å². The minimum atomic E-state index is 0. The second kappa shape index (κ2) is 5.04. The zero-order chi connectivity index (χ0) is 11.8. The van der Waals surface area contributed by atoms with E-state index in [1.807, 2.05) is 0 Å². The van der Waals surface area contributed by atoms with Gasteiger partial charge < -0.3 is 20.1 Å². The maximum atomic E-state index is 12.2. The first-order valence-electron chi connectivity index (χ1n) is 5.68. The van der Waals surface area contributed by atoms with Crippen molar-refractivity contribution in [1.82, 2.24) is 4.90 Å². The molecule has 1 saturated heterocycles. The Balaban J connectivity index is 0.00000120. The number of fused-ring (bicyclic) bond motifs is 1. The van der Waals surface area contributed by atoms with Gasteiger partial charge in [0.1, 0.15) is 0 Å². The van der Waals surface area contributed by atoms with Crippen molar-refractivity contribution in [3.8, 4) is 11.5 Å². The Kier molecular flexibility index (Phi) is 3.63. The molecule has 2 aliphatic rings. The lowest BCUT2D eigenvalue weighted by molar-refractivity contribution is 0.0790. The Morgan fingerprint density at radius 3 is 2.83 bits per heavy atom. The van der Waals surface area contributed by atoms with Crippen LogP contribution in [0.2, 0.25) is 0 Å². The third-order valence-electron chi connectivity index (χ3n) is 3.13. The number of amides is 1. The van der Waals surface area contributed by atoms with E-state index in [1.165, 1.54) is 0 Å². The SMILES string of the molecule is Cl.NC1CCN(C(=O)c2ccc3c(c2)OCO3)C1. The largest absolute Gasteiger partial charge is 0.454 e. The number of hydrogen-bond acceptors (Lipinski definition) is 4. The molecule has 3 rings (SSSR count). The van der Waals surface area contributed by atoms with Crippen LogP contribution in [0.5, 0.6) is 11.5 Å². The van der Waals surface area contributed by atoms with Crippen molar-refractivity contribution in [3.05, 3.63) is 23.8 Å². The average Bonchev–Trinajstić information content (AvgIpc) is 2.95. The third-order valence-corrected chi connectivity index (χ3v) is 3.13. The third kappa shape index (κ3) is 2.23. The molecule has 2 N–H and O–H groups in total. The standard InChI is InChI=1S/C12H14N2O3.ClH/c13-9-3-4-14(6-9)12(15)8-1-2-10-11(5-8)17-7-16-10;/h1-2,5,9H,3-4,6-7,13H2;1H. The average molecular weight is 271 g/mol. The van der Waals surface area contributed by atoms with Crippen LogP contribution in [0.1, 0.15) is 16.8 Å². The van der Waals surface area contributed by atoms with Crippen LogP contribution < -0.4 is 15.2 Å². The summed E-state index contributed by atoms with van der Waals surface area (Å²) >= 11 is 0. The Morgan fingerprint density at radius 1 is 1.33 bits per heavy atom. The molecular weight excluding hydrogens is 256 g/mol. The Bertz CT molecular complexity index is 467. The molecule has 0 aliphatic carbocycles. The van der Waals surface area contributed by atoms with Crippen molar-refractivity contribution in [2.45, 2.75) is 12.5 Å². The summed E-state index contributed by atoms with van der Waals surface area (Å²) in [6.45, 7) is 1.59. The maximum absolute atomic E-state index is 12.2. The van der Waals surface area contributed by atoms with E-state index in [1.54, 1.807) is 23.1 Å². The van der Waals surface area contributed by atoms with E-state index in [2.05, 4.69) is 0 Å². The molecule has 5 nitrogen and oxygen atoms in total. The molecule has 2 heterocycles. The van der Waals surface area contributed by atoms with Gasteiger partial charge in [0.25, 0.3) is 5.91 Å². The van der Waals surface area contributed by atoms with Crippen molar-refractivity contribution in [2.24, 2.45) is 5.73 Å². The van der Waals surface area contributed by atoms with Gasteiger partial charge in [0.2, 0.25) is 6.79 Å². The Hall–Kier alpha value is -1.46. The van der Waals surface area contributed by atoms with Gasteiger partial charge in [-0.2, -0.15) is 0 Å². The molecule has 1 atom stereocenters. The predicted molar refractivity (Wildman–Crippen MR) is 68.3 cm³/mol. The van der Waals surface area contributed by atoms with Gasteiger partial charge in [0.05, 0.1) is 0 Å². The number of benzene rings is 1. The normalized spacial score (nSPS) is 20.7. The van der Waals surface area contributed by atoms with Crippen molar-refractivity contribution >= 4 is 18.3 Å². The van der Waals surface area contributed by atoms with Crippen molar-refractivity contribution < 1.29 is 14.3 Å². The van der Waals surface area contributed by atoms with Gasteiger partial charge in [-0.05, 0) is 24.6 Å². The fourth-order valence-electron chi connectivity index (χ4n) is 2.18. The second-order valence-electron chi connectivity index (χ2n) is 4.37. The fourth-order valence-corrected chi connectivity index (χ4v) is 2.18. The molecule has 0 saturated carbocycles. The molecule has 1 amide bonds. The summed E-state index contributed by atoms with van der Waals surface area (Å²) in [7, 11) is 0. The van der Waals surface area contributed by atoms with Gasteiger partial charge in [-0.1, -0.05) is 0 Å². The summed E-state index contributed by atoms with van der Waals surface area (Å²) in [6.07, 6.45) is 0.871. The molecular formula is C12H15ClN2O3. The minimum absolute atomic E-state index is 0. The van der Waals surface area contributed by atoms with Crippen LogP contribution in [0.4, 0.5) is 0 Å². The number of nitrogens with two attached hydrogens (primary N) is 1. The fraction of sp³-hybridized carbons (Fsp3) is 0.417. The zero-order valence-corrected chi connectivity index (χ0v) is 10.6. The summed E-state index contributed by atoms with van der Waals surface area (Å²) in [6, 6.07) is 5.37. The van der Waals surface area contributed by atoms with Gasteiger partial charge in [-0.15, -0.1) is 12.4 Å². The van der Waals surface area contributed by atoms with Gasteiger partial charge in [-0.3, -0.25) is 4.79 Å². The number of rotatable bonds is 1. The lowest BCUT2D eigenvalue weighted by Gasteiger charge is -2.15. The highest BCUT2D eigenvalue weighted by Gasteiger charge is 2.25. The van der Waals surface area contributed by atoms with E-state index in [0.29, 0.717) is 23.6 Å². The predicted octanol–water partition coefficient (Wildman–Crippen LogP) is 1.01. The quantitative estimate of drug-likeness (QED) is 0.827. The van der Waals surface area contributed by atoms with Crippen molar-refractivity contribution in [2.75, 3.05) is 19.9 Å². The van der Waals surface area contributed by atoms with Crippen LogP contribution in [-0.4, -0.2) is 36.7 Å². The van der Waals surface area contributed by atoms with E-state index in [0.717, 1.165) is 13.0 Å². The molecule has 18 heavy (non-hydrogen) atoms. The molecule has 6 heteroatoms. The first kappa shape index (κ1) is 13.0. The molecule has 0 radical (unpaired) electrons. The molecule has 1 unspecified atom stereocenters. The Morgan fingerprint density at radius 2 is 2.11 bits per heavy atom. The van der Waals surface area contributed by atoms with Crippen LogP contribution in [0.15, 0.2) is 18.2 Å². The lowest BCUT2D eigenvalue weighted by atomic mass is 10.2. The number of ether oxygens (including phenoxy) is 2. The van der Waals surface area contributed by atoms with Gasteiger partial charge in [-0.25, -0.2) is 0 Å². The second-order valence-corrected chi connectivity index (χ2v) is 4.37. The van der Waals surface area contributed by atoms with Crippen LogP contribution in [-0.2, 0) is 0 Å². The van der Waals surface area contributed by atoms with Crippen LogP contribution in [0.25, 0.3) is 0 Å². The van der Waals surface area contributed by atoms with Crippen LogP contribution in [0.3, 0.4) is 0 Å². The van der Waals surface area contributed by atoms with Crippen molar-refractivity contribution in [3.63, 3.8) is 0 Å². The number of carbonyl (C=O) groups is 1. The molecule has 1 aromatic carbocycles. The maximum Gasteiger partial charge on any atom is 0.254 e. The molecule has 1 fully saturated rings. The van der Waals surface area contributed by atoms with Crippen molar-refractivity contribution in [1.29, 1.82) is 0 Å². The Labute approximate surface area is 111 Å². The minimum Gasteiger partial charge on any atom is -0.454 e. The monoisotopic (exact) mass is 270 g/mol. The van der Waals surface area contributed by atoms with Gasteiger partial charge >= 0.3 is 0 Å². The highest BCUT2D eigenvalue weighted by Crippen LogP contribution is 2.32. The summed E-state index contributed by atoms with van der Waals surface area (Å²) in [5, 5.41) is 0. The molecule has 98 valence electrons. The van der Waals surface area contributed by atoms with Gasteiger partial charge in [0.15, 0.2) is 11.5 Å². The highest BCUT2D eigenvalue weighted by atomic mass is 35.5. The number of nitrogens with zero attached hydrogens (tertiary/aromatic N) is 1. The number of likely N-dealkylation sites (tertiary alicyclic amines) is 1. The number of carbonyl (C=O) groups excluding carboxylic acids is 1. The topological polar surface area (TPSA) is 64.8 Å².